The van der Waals surface area contributed by atoms with Crippen LogP contribution in [0.2, 0.25) is 0 Å². The van der Waals surface area contributed by atoms with Crippen molar-refractivity contribution in [3.63, 3.8) is 0 Å². The third-order valence-electron chi connectivity index (χ3n) is 1.03. The molecule has 0 saturated heterocycles. The first kappa shape index (κ1) is 7.93. The predicted octanol–water partition coefficient (Wildman–Crippen LogP) is 1.46. The van der Waals surface area contributed by atoms with E-state index >= 15 is 0 Å². The van der Waals surface area contributed by atoms with Crippen molar-refractivity contribution in [1.82, 2.24) is 4.98 Å². The van der Waals surface area contributed by atoms with Crippen molar-refractivity contribution in [2.45, 2.75) is 0 Å². The third-order valence-corrected chi connectivity index (χ3v) is 1.67. The lowest BCUT2D eigenvalue weighted by molar-refractivity contribution is -0.390. The summed E-state index contributed by atoms with van der Waals surface area (Å²) in [7, 11) is 0. The van der Waals surface area contributed by atoms with E-state index in [0.717, 1.165) is 0 Å². The van der Waals surface area contributed by atoms with Crippen LogP contribution in [-0.2, 0) is 0 Å². The molecule has 0 saturated carbocycles. The molecule has 58 valence electrons. The fourth-order valence-electron chi connectivity index (χ4n) is 0.554. The minimum atomic E-state index is -0.750. The number of hydrogen-bond donors (Lipinski definition) is 1. The molecule has 1 rings (SSSR count). The Morgan fingerprint density at radius 3 is 2.82 bits per heavy atom. The number of pyridine rings is 1. The van der Waals surface area contributed by atoms with Gasteiger partial charge in [0, 0.05) is 6.07 Å². The van der Waals surface area contributed by atoms with Crippen LogP contribution in [0.25, 0.3) is 0 Å². The lowest BCUT2D eigenvalue weighted by atomic mass is 10.4. The maximum Gasteiger partial charge on any atom is 0.407 e. The normalized spacial score (nSPS) is 9.55. The number of aromatic nitrogens is 1. The summed E-state index contributed by atoms with van der Waals surface area (Å²) in [6.07, 6.45) is 1.24. The lowest BCUT2D eigenvalue weighted by Crippen LogP contribution is -1.91. The van der Waals surface area contributed by atoms with Crippen molar-refractivity contribution in [2.75, 3.05) is 0 Å². The SMILES string of the molecule is O=[N+]([O-])c1nccc(Br)c1O. The molecule has 11 heavy (non-hydrogen) atoms. The highest BCUT2D eigenvalue weighted by Crippen LogP contribution is 2.30. The summed E-state index contributed by atoms with van der Waals surface area (Å²) >= 11 is 2.92. The Morgan fingerprint density at radius 2 is 2.36 bits per heavy atom. The van der Waals surface area contributed by atoms with Gasteiger partial charge in [0.05, 0.1) is 4.47 Å². The van der Waals surface area contributed by atoms with Crippen molar-refractivity contribution >= 4 is 21.7 Å². The van der Waals surface area contributed by atoms with Crippen molar-refractivity contribution < 1.29 is 10.0 Å². The number of hydrogen-bond acceptors (Lipinski definition) is 4. The van der Waals surface area contributed by atoms with Crippen molar-refractivity contribution in [3.8, 4) is 5.75 Å². The average molecular weight is 219 g/mol. The van der Waals surface area contributed by atoms with E-state index in [4.69, 9.17) is 5.11 Å². The van der Waals surface area contributed by atoms with E-state index < -0.39 is 16.5 Å². The Balaban J connectivity index is 3.27. The van der Waals surface area contributed by atoms with Crippen molar-refractivity contribution in [3.05, 3.63) is 26.9 Å². The molecule has 1 N–H and O–H groups in total. The van der Waals surface area contributed by atoms with Gasteiger partial charge in [0.2, 0.25) is 5.75 Å². The molecule has 0 aliphatic heterocycles. The van der Waals surface area contributed by atoms with Gasteiger partial charge in [-0.3, -0.25) is 0 Å². The van der Waals surface area contributed by atoms with Gasteiger partial charge in [-0.05, 0) is 25.8 Å². The van der Waals surface area contributed by atoms with Gasteiger partial charge in [-0.25, -0.2) is 0 Å². The maximum atomic E-state index is 10.1. The summed E-state index contributed by atoms with van der Waals surface area (Å²) in [5, 5.41) is 19.2. The fourth-order valence-corrected chi connectivity index (χ4v) is 0.849. The second kappa shape index (κ2) is 2.83. The Kier molecular flexibility index (Phi) is 2.04. The van der Waals surface area contributed by atoms with Gasteiger partial charge in [-0.1, -0.05) is 0 Å². The molecule has 0 unspecified atom stereocenters. The zero-order chi connectivity index (χ0) is 8.43. The smallest absolute Gasteiger partial charge is 0.407 e. The zero-order valence-electron chi connectivity index (χ0n) is 5.19. The third kappa shape index (κ3) is 1.45. The number of nitrogens with zero attached hydrogens (tertiary/aromatic N) is 2. The topological polar surface area (TPSA) is 76.3 Å². The standard InChI is InChI=1S/C5H3BrN2O3/c6-3-1-2-7-5(4(3)9)8(10)11/h1-2,9H. The number of aromatic hydroxyl groups is 1. The molecule has 0 atom stereocenters. The molecule has 0 fully saturated rings. The van der Waals surface area contributed by atoms with Gasteiger partial charge < -0.3 is 15.2 Å². The Hall–Kier alpha value is -1.17. The minimum Gasteiger partial charge on any atom is -0.500 e. The molecular weight excluding hydrogens is 216 g/mol. The molecule has 0 spiro atoms. The highest BCUT2D eigenvalue weighted by atomic mass is 79.9. The first-order valence-electron chi connectivity index (χ1n) is 2.61. The zero-order valence-corrected chi connectivity index (χ0v) is 6.78. The fraction of sp³-hybridized carbons (Fsp3) is 0. The molecule has 1 aromatic rings. The van der Waals surface area contributed by atoms with Crippen LogP contribution in [0.3, 0.4) is 0 Å². The van der Waals surface area contributed by atoms with E-state index in [9.17, 15) is 10.1 Å². The van der Waals surface area contributed by atoms with Crippen LogP contribution in [0.4, 0.5) is 5.82 Å². The van der Waals surface area contributed by atoms with Crippen LogP contribution in [-0.4, -0.2) is 15.0 Å². The van der Waals surface area contributed by atoms with Crippen LogP contribution < -0.4 is 0 Å². The molecule has 0 bridgehead atoms. The Labute approximate surface area is 70.0 Å². The van der Waals surface area contributed by atoms with E-state index in [1.54, 1.807) is 0 Å². The molecule has 0 aliphatic carbocycles. The summed E-state index contributed by atoms with van der Waals surface area (Å²) in [5.41, 5.74) is 0. The molecule has 0 amide bonds. The van der Waals surface area contributed by atoms with Gasteiger partial charge in [-0.15, -0.1) is 0 Å². The molecule has 1 aromatic heterocycles. The molecule has 1 heterocycles. The van der Waals surface area contributed by atoms with E-state index in [0.29, 0.717) is 0 Å². The van der Waals surface area contributed by atoms with Gasteiger partial charge >= 0.3 is 5.82 Å². The Bertz CT molecular complexity index is 302. The largest absolute Gasteiger partial charge is 0.500 e. The monoisotopic (exact) mass is 218 g/mol. The summed E-state index contributed by atoms with van der Waals surface area (Å²) in [4.78, 5) is 12.7. The molecule has 5 nitrogen and oxygen atoms in total. The summed E-state index contributed by atoms with van der Waals surface area (Å²) in [6.45, 7) is 0. The van der Waals surface area contributed by atoms with Gasteiger partial charge in [-0.2, -0.15) is 0 Å². The number of nitro groups is 1. The summed E-state index contributed by atoms with van der Waals surface area (Å²) in [6, 6.07) is 1.42. The predicted molar refractivity (Wildman–Crippen MR) is 40.3 cm³/mol. The summed E-state index contributed by atoms with van der Waals surface area (Å²) in [5.74, 6) is -0.989. The molecule has 0 radical (unpaired) electrons. The molecular formula is C5H3BrN2O3. The van der Waals surface area contributed by atoms with Gasteiger partial charge in [0.1, 0.15) is 6.20 Å². The minimum absolute atomic E-state index is 0.263. The second-order valence-corrected chi connectivity index (χ2v) is 2.58. The van der Waals surface area contributed by atoms with Crippen LogP contribution in [0.15, 0.2) is 16.7 Å². The van der Waals surface area contributed by atoms with Crippen molar-refractivity contribution in [1.29, 1.82) is 0 Å². The van der Waals surface area contributed by atoms with Gasteiger partial charge in [0.25, 0.3) is 0 Å². The number of rotatable bonds is 1. The van der Waals surface area contributed by atoms with E-state index in [1.807, 2.05) is 0 Å². The molecule has 6 heteroatoms. The van der Waals surface area contributed by atoms with Crippen LogP contribution in [0, 0.1) is 10.1 Å². The van der Waals surface area contributed by atoms with Crippen LogP contribution in [0.1, 0.15) is 0 Å². The highest BCUT2D eigenvalue weighted by molar-refractivity contribution is 9.10. The average Bonchev–Trinajstić information content (AvgIpc) is 1.94. The molecule has 0 aromatic carbocycles. The molecule has 0 aliphatic rings. The highest BCUT2D eigenvalue weighted by Gasteiger charge is 2.16. The quantitative estimate of drug-likeness (QED) is 0.572. The number of halogens is 1. The van der Waals surface area contributed by atoms with Crippen LogP contribution in [0.5, 0.6) is 5.75 Å². The first-order chi connectivity index (χ1) is 5.13. The second-order valence-electron chi connectivity index (χ2n) is 1.72. The van der Waals surface area contributed by atoms with Gasteiger partial charge in [0.15, 0.2) is 0 Å². The van der Waals surface area contributed by atoms with E-state index in [-0.39, 0.29) is 4.47 Å². The van der Waals surface area contributed by atoms with E-state index in [2.05, 4.69) is 20.9 Å². The van der Waals surface area contributed by atoms with E-state index in [1.165, 1.54) is 12.3 Å². The first-order valence-corrected chi connectivity index (χ1v) is 3.40. The summed E-state index contributed by atoms with van der Waals surface area (Å²) < 4.78 is 0.263. The Morgan fingerprint density at radius 1 is 1.73 bits per heavy atom. The van der Waals surface area contributed by atoms with Crippen LogP contribution >= 0.6 is 15.9 Å². The lowest BCUT2D eigenvalue weighted by Gasteiger charge is -1.95. The van der Waals surface area contributed by atoms with Crippen molar-refractivity contribution in [2.24, 2.45) is 0 Å². The maximum absolute atomic E-state index is 10.1.